The van der Waals surface area contributed by atoms with E-state index in [4.69, 9.17) is 23.2 Å². The zero-order valence-electron chi connectivity index (χ0n) is 15.7. The summed E-state index contributed by atoms with van der Waals surface area (Å²) in [4.78, 5) is 17.3. The van der Waals surface area contributed by atoms with Crippen LogP contribution in [0, 0.1) is 0 Å². The Hall–Kier alpha value is -2.21. The van der Waals surface area contributed by atoms with Gasteiger partial charge in [-0.1, -0.05) is 53.5 Å². The summed E-state index contributed by atoms with van der Waals surface area (Å²) in [6.45, 7) is 4.17. The Morgan fingerprint density at radius 2 is 1.54 bits per heavy atom. The second kappa shape index (κ2) is 8.03. The van der Waals surface area contributed by atoms with Crippen molar-refractivity contribution >= 4 is 28.9 Å². The number of hydrogen-bond donors (Lipinski definition) is 0. The van der Waals surface area contributed by atoms with Crippen molar-refractivity contribution in [1.29, 1.82) is 0 Å². The van der Waals surface area contributed by atoms with Crippen molar-refractivity contribution in [2.75, 3.05) is 31.1 Å². The van der Waals surface area contributed by atoms with Gasteiger partial charge in [0.05, 0.1) is 22.1 Å². The zero-order valence-corrected chi connectivity index (χ0v) is 17.2. The Morgan fingerprint density at radius 1 is 0.893 bits per heavy atom. The molecule has 0 saturated carbocycles. The number of para-hydroxylation sites is 2. The molecule has 0 aliphatic carbocycles. The highest BCUT2D eigenvalue weighted by Gasteiger charge is 2.23. The van der Waals surface area contributed by atoms with Crippen molar-refractivity contribution in [2.24, 2.45) is 7.05 Å². The predicted octanol–water partition coefficient (Wildman–Crippen LogP) is 3.81. The monoisotopic (exact) mass is 416 g/mol. The maximum absolute atomic E-state index is 12.7. The first kappa shape index (κ1) is 19.1. The number of nitrogens with zero attached hydrogens (tertiary/aromatic N) is 4. The third-order valence-corrected chi connectivity index (χ3v) is 5.96. The molecule has 146 valence electrons. The first-order valence-corrected chi connectivity index (χ1v) is 10.1. The summed E-state index contributed by atoms with van der Waals surface area (Å²) >= 11 is 12.8. The molecular formula is C21H22Cl2N4O. The maximum Gasteiger partial charge on any atom is 0.290 e. The molecule has 1 aliphatic rings. The summed E-state index contributed by atoms with van der Waals surface area (Å²) in [6, 6.07) is 17.5. The van der Waals surface area contributed by atoms with E-state index in [1.165, 1.54) is 0 Å². The third-order valence-electron chi connectivity index (χ3n) is 5.26. The van der Waals surface area contributed by atoms with Crippen LogP contribution in [0.3, 0.4) is 0 Å². The fourth-order valence-electron chi connectivity index (χ4n) is 3.71. The Morgan fingerprint density at radius 3 is 2.21 bits per heavy atom. The number of anilines is 1. The molecule has 0 N–H and O–H groups in total. The van der Waals surface area contributed by atoms with E-state index in [0.717, 1.165) is 48.3 Å². The summed E-state index contributed by atoms with van der Waals surface area (Å²) in [5.41, 5.74) is 2.54. The number of aromatic nitrogens is 2. The molecule has 0 bridgehead atoms. The largest absolute Gasteiger partial charge is 0.368 e. The summed E-state index contributed by atoms with van der Waals surface area (Å²) in [7, 11) is 1.88. The van der Waals surface area contributed by atoms with E-state index in [2.05, 4.69) is 15.9 Å². The Bertz CT molecular complexity index is 1020. The normalized spacial score (nSPS) is 15.2. The van der Waals surface area contributed by atoms with Crippen LogP contribution in [0.25, 0.3) is 5.69 Å². The minimum atomic E-state index is -0.180. The summed E-state index contributed by atoms with van der Waals surface area (Å²) in [5.74, 6) is 0. The van der Waals surface area contributed by atoms with Crippen LogP contribution < -0.4 is 10.5 Å². The van der Waals surface area contributed by atoms with Gasteiger partial charge in [-0.05, 0) is 24.3 Å². The molecule has 1 saturated heterocycles. The second-order valence-electron chi connectivity index (χ2n) is 6.95. The van der Waals surface area contributed by atoms with Gasteiger partial charge in [-0.15, -0.1) is 0 Å². The van der Waals surface area contributed by atoms with Crippen LogP contribution in [0.4, 0.5) is 5.69 Å². The second-order valence-corrected chi connectivity index (χ2v) is 7.74. The van der Waals surface area contributed by atoms with Gasteiger partial charge in [0.2, 0.25) is 0 Å². The van der Waals surface area contributed by atoms with E-state index in [1.807, 2.05) is 60.3 Å². The van der Waals surface area contributed by atoms with Crippen LogP contribution in [0.15, 0.2) is 59.4 Å². The van der Waals surface area contributed by atoms with E-state index in [9.17, 15) is 4.79 Å². The smallest absolute Gasteiger partial charge is 0.290 e. The lowest BCUT2D eigenvalue weighted by Crippen LogP contribution is -2.46. The Kier molecular flexibility index (Phi) is 5.49. The van der Waals surface area contributed by atoms with Crippen molar-refractivity contribution in [3.05, 3.63) is 80.7 Å². The molecule has 5 nitrogen and oxygen atoms in total. The molecule has 0 atom stereocenters. The number of piperazine rings is 1. The minimum absolute atomic E-state index is 0.180. The van der Waals surface area contributed by atoms with Crippen LogP contribution in [0.5, 0.6) is 0 Å². The van der Waals surface area contributed by atoms with Gasteiger partial charge in [0.1, 0.15) is 5.02 Å². The van der Waals surface area contributed by atoms with Crippen molar-refractivity contribution < 1.29 is 0 Å². The van der Waals surface area contributed by atoms with E-state index >= 15 is 0 Å². The van der Waals surface area contributed by atoms with Crippen LogP contribution in [-0.2, 0) is 13.6 Å². The van der Waals surface area contributed by atoms with Crippen molar-refractivity contribution in [1.82, 2.24) is 14.3 Å². The molecule has 1 fully saturated rings. The van der Waals surface area contributed by atoms with Gasteiger partial charge in [0.15, 0.2) is 0 Å². The van der Waals surface area contributed by atoms with Gasteiger partial charge in [-0.3, -0.25) is 14.4 Å². The maximum atomic E-state index is 12.7. The SMILES string of the molecule is Cn1c(CN2CCN(c3ccccc3Cl)CC2)c(Cl)c(=O)n1-c1ccccc1. The highest BCUT2D eigenvalue weighted by molar-refractivity contribution is 6.33. The predicted molar refractivity (Wildman–Crippen MR) is 115 cm³/mol. The molecule has 1 aliphatic heterocycles. The first-order valence-electron chi connectivity index (χ1n) is 9.30. The number of hydrogen-bond acceptors (Lipinski definition) is 3. The van der Waals surface area contributed by atoms with Gasteiger partial charge in [0, 0.05) is 39.8 Å². The molecule has 0 spiro atoms. The van der Waals surface area contributed by atoms with Crippen LogP contribution >= 0.6 is 23.2 Å². The van der Waals surface area contributed by atoms with Gasteiger partial charge >= 0.3 is 0 Å². The molecule has 0 radical (unpaired) electrons. The molecule has 7 heteroatoms. The fourth-order valence-corrected chi connectivity index (χ4v) is 4.23. The molecule has 0 unspecified atom stereocenters. The molecule has 2 aromatic carbocycles. The fraction of sp³-hybridized carbons (Fsp3) is 0.286. The summed E-state index contributed by atoms with van der Waals surface area (Å²) in [5, 5.41) is 1.07. The lowest BCUT2D eigenvalue weighted by atomic mass is 10.2. The Labute approximate surface area is 174 Å². The number of rotatable bonds is 4. The molecule has 3 aromatic rings. The van der Waals surface area contributed by atoms with Gasteiger partial charge in [0.25, 0.3) is 5.56 Å². The van der Waals surface area contributed by atoms with Crippen molar-refractivity contribution in [3.8, 4) is 5.69 Å². The van der Waals surface area contributed by atoms with Crippen molar-refractivity contribution in [3.63, 3.8) is 0 Å². The summed E-state index contributed by atoms with van der Waals surface area (Å²) in [6.07, 6.45) is 0. The number of benzene rings is 2. The average Bonchev–Trinajstić information content (AvgIpc) is 2.93. The minimum Gasteiger partial charge on any atom is -0.368 e. The molecule has 4 rings (SSSR count). The Balaban J connectivity index is 1.51. The van der Waals surface area contributed by atoms with Gasteiger partial charge in [-0.2, -0.15) is 0 Å². The standard InChI is InChI=1S/C21H22Cl2N4O/c1-24-19(20(23)21(28)27(24)16-7-3-2-4-8-16)15-25-11-13-26(14-12-25)18-10-6-5-9-17(18)22/h2-10H,11-15H2,1H3. The highest BCUT2D eigenvalue weighted by atomic mass is 35.5. The van der Waals surface area contributed by atoms with Gasteiger partial charge in [-0.25, -0.2) is 4.68 Å². The highest BCUT2D eigenvalue weighted by Crippen LogP contribution is 2.26. The molecule has 28 heavy (non-hydrogen) atoms. The molecule has 2 heterocycles. The van der Waals surface area contributed by atoms with Crippen molar-refractivity contribution in [2.45, 2.75) is 6.54 Å². The topological polar surface area (TPSA) is 33.4 Å². The van der Waals surface area contributed by atoms with Crippen LogP contribution in [0.2, 0.25) is 10.0 Å². The molecular weight excluding hydrogens is 395 g/mol. The first-order chi connectivity index (χ1) is 13.6. The number of halogens is 2. The lowest BCUT2D eigenvalue weighted by molar-refractivity contribution is 0.243. The third kappa shape index (κ3) is 3.58. The van der Waals surface area contributed by atoms with Crippen LogP contribution in [-0.4, -0.2) is 40.4 Å². The molecule has 0 amide bonds. The quantitative estimate of drug-likeness (QED) is 0.648. The van der Waals surface area contributed by atoms with E-state index in [0.29, 0.717) is 11.6 Å². The van der Waals surface area contributed by atoms with Gasteiger partial charge < -0.3 is 4.90 Å². The molecule has 1 aromatic heterocycles. The van der Waals surface area contributed by atoms with Crippen LogP contribution in [0.1, 0.15) is 5.69 Å². The summed E-state index contributed by atoms with van der Waals surface area (Å²) < 4.78 is 3.48. The van der Waals surface area contributed by atoms with E-state index in [-0.39, 0.29) is 5.56 Å². The van der Waals surface area contributed by atoms with E-state index < -0.39 is 0 Å². The van der Waals surface area contributed by atoms with E-state index in [1.54, 1.807) is 4.68 Å². The zero-order chi connectivity index (χ0) is 19.7. The average molecular weight is 417 g/mol. The lowest BCUT2D eigenvalue weighted by Gasteiger charge is -2.36.